The fourth-order valence-electron chi connectivity index (χ4n) is 1.78. The molecule has 0 aliphatic carbocycles. The van der Waals surface area contributed by atoms with E-state index in [1.54, 1.807) is 30.9 Å². The first-order valence-corrected chi connectivity index (χ1v) is 7.68. The van der Waals surface area contributed by atoms with Gasteiger partial charge >= 0.3 is 0 Å². The van der Waals surface area contributed by atoms with Crippen molar-refractivity contribution >= 4 is 23.5 Å². The smallest absolute Gasteiger partial charge is 0.271 e. The van der Waals surface area contributed by atoms with Crippen LogP contribution in [-0.4, -0.2) is 40.7 Å². The Kier molecular flexibility index (Phi) is 6.08. The number of thioether (sulfide) groups is 1. The van der Waals surface area contributed by atoms with Gasteiger partial charge in [0.15, 0.2) is 5.69 Å². The Balaban J connectivity index is 2.63. The lowest BCUT2D eigenvalue weighted by molar-refractivity contribution is 0.0943. The Bertz CT molecular complexity index is 395. The maximum Gasteiger partial charge on any atom is 0.271 e. The Morgan fingerprint density at radius 3 is 2.42 bits per heavy atom. The number of aromatic nitrogens is 2. The molecule has 2 N–H and O–H groups in total. The SMILES string of the molecule is CCC(CC)(CNC(=O)c1ccc(NC)nn1)SC. The first-order chi connectivity index (χ1) is 9.10. The summed E-state index contributed by atoms with van der Waals surface area (Å²) in [5.74, 6) is 0.479. The van der Waals surface area contributed by atoms with E-state index in [9.17, 15) is 4.79 Å². The molecule has 6 heteroatoms. The fraction of sp³-hybridized carbons (Fsp3) is 0.615. The normalized spacial score (nSPS) is 11.2. The van der Waals surface area contributed by atoms with Crippen molar-refractivity contribution in [1.29, 1.82) is 0 Å². The molecule has 1 amide bonds. The van der Waals surface area contributed by atoms with Gasteiger partial charge in [-0.3, -0.25) is 4.79 Å². The molecule has 106 valence electrons. The summed E-state index contributed by atoms with van der Waals surface area (Å²) in [5.41, 5.74) is 0.348. The van der Waals surface area contributed by atoms with Crippen LogP contribution in [0.15, 0.2) is 12.1 Å². The third-order valence-electron chi connectivity index (χ3n) is 3.45. The molecule has 0 spiro atoms. The predicted molar refractivity (Wildman–Crippen MR) is 80.7 cm³/mol. The second kappa shape index (κ2) is 7.33. The van der Waals surface area contributed by atoms with Crippen molar-refractivity contribution in [3.63, 3.8) is 0 Å². The number of nitrogens with one attached hydrogen (secondary N) is 2. The molecule has 0 radical (unpaired) electrons. The number of carbonyl (C=O) groups excluding carboxylic acids is 1. The van der Waals surface area contributed by atoms with E-state index in [4.69, 9.17) is 0 Å². The van der Waals surface area contributed by atoms with Crippen molar-refractivity contribution in [1.82, 2.24) is 15.5 Å². The van der Waals surface area contributed by atoms with E-state index in [0.717, 1.165) is 12.8 Å². The van der Waals surface area contributed by atoms with E-state index < -0.39 is 0 Å². The van der Waals surface area contributed by atoms with Crippen LogP contribution in [0.1, 0.15) is 37.2 Å². The van der Waals surface area contributed by atoms with E-state index in [-0.39, 0.29) is 10.7 Å². The van der Waals surface area contributed by atoms with Crippen molar-refractivity contribution in [2.75, 3.05) is 25.2 Å². The van der Waals surface area contributed by atoms with Gasteiger partial charge in [0.2, 0.25) is 0 Å². The van der Waals surface area contributed by atoms with Gasteiger partial charge in [-0.15, -0.1) is 10.2 Å². The van der Waals surface area contributed by atoms with Gasteiger partial charge in [-0.2, -0.15) is 11.8 Å². The molecule has 1 aromatic heterocycles. The number of amides is 1. The van der Waals surface area contributed by atoms with E-state index in [0.29, 0.717) is 18.1 Å². The average molecular weight is 282 g/mol. The number of carbonyl (C=O) groups is 1. The number of anilines is 1. The molecule has 0 fully saturated rings. The zero-order chi connectivity index (χ0) is 14.3. The van der Waals surface area contributed by atoms with Gasteiger partial charge in [0, 0.05) is 18.3 Å². The van der Waals surface area contributed by atoms with Gasteiger partial charge in [-0.05, 0) is 31.2 Å². The van der Waals surface area contributed by atoms with Crippen LogP contribution in [0.2, 0.25) is 0 Å². The van der Waals surface area contributed by atoms with Crippen molar-refractivity contribution in [3.05, 3.63) is 17.8 Å². The molecule has 0 aliphatic rings. The summed E-state index contributed by atoms with van der Waals surface area (Å²) in [6.45, 7) is 4.94. The summed E-state index contributed by atoms with van der Waals surface area (Å²) in [6.07, 6.45) is 4.13. The Morgan fingerprint density at radius 2 is 2.00 bits per heavy atom. The molecule has 5 nitrogen and oxygen atoms in total. The molecule has 0 atom stereocenters. The van der Waals surface area contributed by atoms with Crippen molar-refractivity contribution in [3.8, 4) is 0 Å². The van der Waals surface area contributed by atoms with Gasteiger partial charge in [-0.1, -0.05) is 13.8 Å². The molecule has 1 aromatic rings. The molecular weight excluding hydrogens is 260 g/mol. The van der Waals surface area contributed by atoms with Gasteiger partial charge < -0.3 is 10.6 Å². The van der Waals surface area contributed by atoms with Crippen LogP contribution in [0, 0.1) is 0 Å². The molecule has 0 saturated carbocycles. The van der Waals surface area contributed by atoms with Crippen LogP contribution in [-0.2, 0) is 0 Å². The number of hydrogen-bond donors (Lipinski definition) is 2. The van der Waals surface area contributed by atoms with Crippen LogP contribution in [0.4, 0.5) is 5.82 Å². The second-order valence-corrected chi connectivity index (χ2v) is 5.61. The van der Waals surface area contributed by atoms with E-state index >= 15 is 0 Å². The molecule has 0 bridgehead atoms. The second-order valence-electron chi connectivity index (χ2n) is 4.33. The topological polar surface area (TPSA) is 66.9 Å². The lowest BCUT2D eigenvalue weighted by Crippen LogP contribution is -2.39. The molecule has 0 aromatic carbocycles. The fourth-order valence-corrected chi connectivity index (χ4v) is 2.57. The van der Waals surface area contributed by atoms with Crippen LogP contribution in [0.5, 0.6) is 0 Å². The third-order valence-corrected chi connectivity index (χ3v) is 5.03. The van der Waals surface area contributed by atoms with Gasteiger partial charge in [-0.25, -0.2) is 0 Å². The minimum absolute atomic E-state index is 0.105. The lowest BCUT2D eigenvalue weighted by Gasteiger charge is -2.29. The zero-order valence-corrected chi connectivity index (χ0v) is 12.8. The highest BCUT2D eigenvalue weighted by atomic mass is 32.2. The standard InChI is InChI=1S/C13H22N4OS/c1-5-13(6-2,19-4)9-15-12(18)10-7-8-11(14-3)17-16-10/h7-8H,5-6,9H2,1-4H3,(H,14,17)(H,15,18). The predicted octanol–water partition coefficient (Wildman–Crippen LogP) is 2.17. The highest BCUT2D eigenvalue weighted by molar-refractivity contribution is 8.00. The maximum atomic E-state index is 12.0. The van der Waals surface area contributed by atoms with Crippen molar-refractivity contribution < 1.29 is 4.79 Å². The Labute approximate surface area is 119 Å². The zero-order valence-electron chi connectivity index (χ0n) is 12.0. The first kappa shape index (κ1) is 15.8. The molecule has 1 rings (SSSR count). The van der Waals surface area contributed by atoms with Crippen LogP contribution in [0.3, 0.4) is 0 Å². The van der Waals surface area contributed by atoms with Gasteiger partial charge in [0.05, 0.1) is 0 Å². The van der Waals surface area contributed by atoms with E-state index in [1.165, 1.54) is 0 Å². The Morgan fingerprint density at radius 1 is 1.32 bits per heavy atom. The van der Waals surface area contributed by atoms with Crippen molar-refractivity contribution in [2.45, 2.75) is 31.4 Å². The molecule has 1 heterocycles. The highest BCUT2D eigenvalue weighted by Crippen LogP contribution is 2.29. The number of rotatable bonds is 7. The highest BCUT2D eigenvalue weighted by Gasteiger charge is 2.25. The van der Waals surface area contributed by atoms with E-state index in [2.05, 4.69) is 40.9 Å². The summed E-state index contributed by atoms with van der Waals surface area (Å²) in [7, 11) is 1.76. The largest absolute Gasteiger partial charge is 0.372 e. The lowest BCUT2D eigenvalue weighted by atomic mass is 10.0. The quantitative estimate of drug-likeness (QED) is 0.802. The maximum absolute atomic E-state index is 12.0. The van der Waals surface area contributed by atoms with Gasteiger partial charge in [0.25, 0.3) is 5.91 Å². The van der Waals surface area contributed by atoms with Crippen molar-refractivity contribution in [2.24, 2.45) is 0 Å². The van der Waals surface area contributed by atoms with E-state index in [1.807, 2.05) is 0 Å². The summed E-state index contributed by atoms with van der Waals surface area (Å²) in [6, 6.07) is 3.41. The molecular formula is C13H22N4OS. The average Bonchev–Trinajstić information content (AvgIpc) is 2.49. The Hall–Kier alpha value is -1.30. The van der Waals surface area contributed by atoms with Crippen LogP contribution in [0.25, 0.3) is 0 Å². The summed E-state index contributed by atoms with van der Waals surface area (Å²) >= 11 is 1.80. The molecule has 0 saturated heterocycles. The summed E-state index contributed by atoms with van der Waals surface area (Å²) in [4.78, 5) is 12.0. The number of nitrogens with zero attached hydrogens (tertiary/aromatic N) is 2. The summed E-state index contributed by atoms with van der Waals surface area (Å²) < 4.78 is 0.105. The minimum atomic E-state index is -0.171. The number of hydrogen-bond acceptors (Lipinski definition) is 5. The summed E-state index contributed by atoms with van der Waals surface area (Å²) in [5, 5.41) is 13.6. The van der Waals surface area contributed by atoms with Crippen LogP contribution < -0.4 is 10.6 Å². The third kappa shape index (κ3) is 4.09. The minimum Gasteiger partial charge on any atom is -0.372 e. The van der Waals surface area contributed by atoms with Gasteiger partial charge in [0.1, 0.15) is 5.82 Å². The monoisotopic (exact) mass is 282 g/mol. The molecule has 19 heavy (non-hydrogen) atoms. The first-order valence-electron chi connectivity index (χ1n) is 6.45. The molecule has 0 aliphatic heterocycles. The molecule has 0 unspecified atom stereocenters. The van der Waals surface area contributed by atoms with Crippen LogP contribution >= 0.6 is 11.8 Å².